The summed E-state index contributed by atoms with van der Waals surface area (Å²) >= 11 is 3.35. The largest absolute Gasteiger partial charge is 0.503 e. The minimum Gasteiger partial charge on any atom is -0.503 e. The summed E-state index contributed by atoms with van der Waals surface area (Å²) in [4.78, 5) is 2.24. The topological polar surface area (TPSA) is 65.0 Å². The predicted octanol–water partition coefficient (Wildman–Crippen LogP) is 1.91. The van der Waals surface area contributed by atoms with Gasteiger partial charge in [0, 0.05) is 26.2 Å². The second kappa shape index (κ2) is 8.80. The van der Waals surface area contributed by atoms with Gasteiger partial charge in [-0.05, 0) is 40.5 Å². The second-order valence-corrected chi connectivity index (χ2v) is 5.62. The molecular weight excluding hydrogens is 360 g/mol. The minimum atomic E-state index is -0.0757. The molecule has 1 heterocycles. The summed E-state index contributed by atoms with van der Waals surface area (Å²) in [7, 11) is 0. The number of aromatic hydroxyl groups is 1. The van der Waals surface area contributed by atoms with Crippen molar-refractivity contribution < 1.29 is 14.9 Å². The van der Waals surface area contributed by atoms with Crippen molar-refractivity contribution in [2.45, 2.75) is 13.0 Å². The third-order valence-electron chi connectivity index (χ3n) is 3.50. The lowest BCUT2D eigenvalue weighted by molar-refractivity contribution is 0.110. The maximum Gasteiger partial charge on any atom is 0.172 e. The molecule has 1 fully saturated rings. The van der Waals surface area contributed by atoms with E-state index in [2.05, 4.69) is 26.1 Å². The van der Waals surface area contributed by atoms with Crippen LogP contribution in [-0.4, -0.2) is 54.5 Å². The van der Waals surface area contributed by atoms with E-state index in [1.807, 2.05) is 19.1 Å². The monoisotopic (exact) mass is 380 g/mol. The number of benzene rings is 1. The second-order valence-electron chi connectivity index (χ2n) is 4.77. The molecule has 0 bridgehead atoms. The molecule has 0 amide bonds. The standard InChI is InChI=1S/C14H21BrN2O3.ClH/c1-2-20-13-8-10(7-11(15)14(13)19)12(9-18)17-5-3-16-4-6-17;/h7-8,12,16,18-19H,2-6,9H2,1H3;1H/t12-;/m0./s1. The third kappa shape index (κ3) is 4.47. The van der Waals surface area contributed by atoms with E-state index in [9.17, 15) is 10.2 Å². The molecule has 1 saturated heterocycles. The molecule has 1 aromatic rings. The zero-order valence-electron chi connectivity index (χ0n) is 12.0. The summed E-state index contributed by atoms with van der Waals surface area (Å²) in [5.41, 5.74) is 0.947. The number of nitrogens with zero attached hydrogens (tertiary/aromatic N) is 1. The molecule has 0 saturated carbocycles. The maximum absolute atomic E-state index is 9.96. The highest BCUT2D eigenvalue weighted by Crippen LogP contribution is 2.38. The number of phenolic OH excluding ortho intramolecular Hbond substituents is 1. The summed E-state index contributed by atoms with van der Waals surface area (Å²) in [6, 6.07) is 3.58. The van der Waals surface area contributed by atoms with Crippen LogP contribution in [0.15, 0.2) is 16.6 Å². The lowest BCUT2D eigenvalue weighted by Gasteiger charge is -2.34. The van der Waals surface area contributed by atoms with Crippen LogP contribution in [-0.2, 0) is 0 Å². The lowest BCUT2D eigenvalue weighted by atomic mass is 10.0. The van der Waals surface area contributed by atoms with Crippen LogP contribution < -0.4 is 10.1 Å². The molecule has 5 nitrogen and oxygen atoms in total. The molecule has 0 radical (unpaired) electrons. The summed E-state index contributed by atoms with van der Waals surface area (Å²) in [6.07, 6.45) is 0. The van der Waals surface area contributed by atoms with E-state index in [1.165, 1.54) is 0 Å². The van der Waals surface area contributed by atoms with Crippen molar-refractivity contribution >= 4 is 28.3 Å². The Labute approximate surface area is 139 Å². The van der Waals surface area contributed by atoms with E-state index in [0.29, 0.717) is 16.8 Å². The van der Waals surface area contributed by atoms with Gasteiger partial charge in [0.05, 0.1) is 23.7 Å². The number of hydrogen-bond acceptors (Lipinski definition) is 5. The molecule has 120 valence electrons. The number of aliphatic hydroxyl groups is 1. The zero-order valence-corrected chi connectivity index (χ0v) is 14.4. The molecule has 0 unspecified atom stereocenters. The number of nitrogens with one attached hydrogen (secondary N) is 1. The number of aliphatic hydroxyl groups excluding tert-OH is 1. The van der Waals surface area contributed by atoms with Crippen molar-refractivity contribution in [3.05, 3.63) is 22.2 Å². The highest BCUT2D eigenvalue weighted by molar-refractivity contribution is 9.10. The van der Waals surface area contributed by atoms with Crippen LogP contribution in [0.2, 0.25) is 0 Å². The normalized spacial score (nSPS) is 17.1. The van der Waals surface area contributed by atoms with Crippen molar-refractivity contribution in [1.29, 1.82) is 0 Å². The Morgan fingerprint density at radius 3 is 2.62 bits per heavy atom. The first-order chi connectivity index (χ1) is 9.67. The first kappa shape index (κ1) is 18.5. The molecule has 0 aromatic heterocycles. The van der Waals surface area contributed by atoms with E-state index >= 15 is 0 Å². The van der Waals surface area contributed by atoms with E-state index < -0.39 is 0 Å². The first-order valence-electron chi connectivity index (χ1n) is 6.88. The van der Waals surface area contributed by atoms with Gasteiger partial charge in [-0.3, -0.25) is 4.90 Å². The number of piperazine rings is 1. The smallest absolute Gasteiger partial charge is 0.172 e. The van der Waals surface area contributed by atoms with Crippen molar-refractivity contribution in [3.63, 3.8) is 0 Å². The number of hydrogen-bond donors (Lipinski definition) is 3. The summed E-state index contributed by atoms with van der Waals surface area (Å²) in [5, 5.41) is 23.0. The summed E-state index contributed by atoms with van der Waals surface area (Å²) < 4.78 is 6.04. The number of rotatable bonds is 5. The van der Waals surface area contributed by atoms with Gasteiger partial charge >= 0.3 is 0 Å². The Kier molecular flexibility index (Phi) is 7.76. The van der Waals surface area contributed by atoms with Crippen LogP contribution in [0.3, 0.4) is 0 Å². The maximum atomic E-state index is 9.96. The zero-order chi connectivity index (χ0) is 14.5. The molecular formula is C14H22BrClN2O3. The lowest BCUT2D eigenvalue weighted by Crippen LogP contribution is -2.46. The molecule has 0 spiro atoms. The average molecular weight is 382 g/mol. The molecule has 0 aliphatic carbocycles. The van der Waals surface area contributed by atoms with Gasteiger partial charge in [0.1, 0.15) is 0 Å². The average Bonchev–Trinajstić information content (AvgIpc) is 2.46. The predicted molar refractivity (Wildman–Crippen MR) is 88.5 cm³/mol. The molecule has 1 aliphatic rings. The van der Waals surface area contributed by atoms with Crippen LogP contribution in [0.1, 0.15) is 18.5 Å². The molecule has 1 atom stereocenters. The Morgan fingerprint density at radius 2 is 2.05 bits per heavy atom. The Morgan fingerprint density at radius 1 is 1.38 bits per heavy atom. The molecule has 7 heteroatoms. The van der Waals surface area contributed by atoms with E-state index in [1.54, 1.807) is 0 Å². The molecule has 1 aliphatic heterocycles. The molecule has 21 heavy (non-hydrogen) atoms. The number of halogens is 2. The quantitative estimate of drug-likeness (QED) is 0.727. The van der Waals surface area contributed by atoms with Crippen molar-refractivity contribution in [3.8, 4) is 11.5 Å². The Hall–Kier alpha value is -0.530. The molecule has 2 rings (SSSR count). The van der Waals surface area contributed by atoms with Crippen LogP contribution in [0.5, 0.6) is 11.5 Å². The van der Waals surface area contributed by atoms with Crippen LogP contribution in [0.25, 0.3) is 0 Å². The Bertz CT molecular complexity index is 456. The highest BCUT2D eigenvalue weighted by Gasteiger charge is 2.23. The van der Waals surface area contributed by atoms with Crippen molar-refractivity contribution in [2.75, 3.05) is 39.4 Å². The fourth-order valence-corrected chi connectivity index (χ4v) is 2.94. The van der Waals surface area contributed by atoms with Gasteiger partial charge in [0.25, 0.3) is 0 Å². The van der Waals surface area contributed by atoms with E-state index in [4.69, 9.17) is 4.74 Å². The van der Waals surface area contributed by atoms with Crippen LogP contribution in [0, 0.1) is 0 Å². The SMILES string of the molecule is CCOc1cc([C@H](CO)N2CCNCC2)cc(Br)c1O.Cl. The summed E-state index contributed by atoms with van der Waals surface area (Å²) in [6.45, 7) is 6.05. The minimum absolute atomic E-state index is 0. The van der Waals surface area contributed by atoms with Crippen molar-refractivity contribution in [2.24, 2.45) is 0 Å². The van der Waals surface area contributed by atoms with Gasteiger partial charge in [-0.1, -0.05) is 0 Å². The summed E-state index contributed by atoms with van der Waals surface area (Å²) in [5.74, 6) is 0.554. The third-order valence-corrected chi connectivity index (χ3v) is 4.11. The van der Waals surface area contributed by atoms with Gasteiger partial charge in [-0.25, -0.2) is 0 Å². The fourth-order valence-electron chi connectivity index (χ4n) is 2.48. The van der Waals surface area contributed by atoms with Gasteiger partial charge in [0.15, 0.2) is 11.5 Å². The first-order valence-corrected chi connectivity index (χ1v) is 7.67. The number of ether oxygens (including phenoxy) is 1. The molecule has 1 aromatic carbocycles. The number of phenols is 1. The van der Waals surface area contributed by atoms with E-state index in [-0.39, 0.29) is 30.8 Å². The molecule has 3 N–H and O–H groups in total. The highest BCUT2D eigenvalue weighted by atomic mass is 79.9. The van der Waals surface area contributed by atoms with Crippen LogP contribution in [0.4, 0.5) is 0 Å². The van der Waals surface area contributed by atoms with E-state index in [0.717, 1.165) is 31.7 Å². The fraction of sp³-hybridized carbons (Fsp3) is 0.571. The van der Waals surface area contributed by atoms with Gasteiger partial charge in [0.2, 0.25) is 0 Å². The van der Waals surface area contributed by atoms with Crippen molar-refractivity contribution in [1.82, 2.24) is 10.2 Å². The van der Waals surface area contributed by atoms with Crippen LogP contribution >= 0.6 is 28.3 Å². The Balaban J connectivity index is 0.00000220. The van der Waals surface area contributed by atoms with Gasteiger partial charge < -0.3 is 20.3 Å². The van der Waals surface area contributed by atoms with Gasteiger partial charge in [-0.15, -0.1) is 12.4 Å². The van der Waals surface area contributed by atoms with Gasteiger partial charge in [-0.2, -0.15) is 0 Å².